The van der Waals surface area contributed by atoms with Gasteiger partial charge in [-0.1, -0.05) is 24.3 Å². The molecule has 0 bridgehead atoms. The van der Waals surface area contributed by atoms with Crippen molar-refractivity contribution in [1.82, 2.24) is 10.2 Å². The Morgan fingerprint density at radius 2 is 2.07 bits per heavy atom. The van der Waals surface area contributed by atoms with Crippen molar-refractivity contribution in [2.45, 2.75) is 39.1 Å². The number of carbonyl (C=O) groups is 1. The summed E-state index contributed by atoms with van der Waals surface area (Å²) >= 11 is 0. The highest BCUT2D eigenvalue weighted by molar-refractivity contribution is 14.0. The quantitative estimate of drug-likeness (QED) is 0.246. The van der Waals surface area contributed by atoms with E-state index in [9.17, 15) is 18.0 Å². The molecule has 1 saturated heterocycles. The molecule has 0 saturated carbocycles. The van der Waals surface area contributed by atoms with Gasteiger partial charge < -0.3 is 19.7 Å². The molecule has 0 radical (unpaired) electrons. The van der Waals surface area contributed by atoms with Gasteiger partial charge in [-0.05, 0) is 30.9 Å². The van der Waals surface area contributed by atoms with E-state index in [4.69, 9.17) is 9.47 Å². The lowest BCUT2D eigenvalue weighted by Gasteiger charge is -2.34. The van der Waals surface area contributed by atoms with Gasteiger partial charge in [0.05, 0.1) is 19.1 Å². The molecular weight excluding hydrogens is 514 g/mol. The van der Waals surface area contributed by atoms with Gasteiger partial charge in [-0.25, -0.2) is 0 Å². The number of rotatable bonds is 7. The van der Waals surface area contributed by atoms with E-state index in [2.05, 4.69) is 10.3 Å². The summed E-state index contributed by atoms with van der Waals surface area (Å²) in [5, 5.41) is 3.26. The SMILES string of the molecule is CCOC(=O)C1CCCN(C(=NC)NCc2cccc(COCC(F)(F)F)c2)C1.I. The normalized spacial score (nSPS) is 17.3. The van der Waals surface area contributed by atoms with Gasteiger partial charge in [-0.15, -0.1) is 24.0 Å². The van der Waals surface area contributed by atoms with Gasteiger partial charge in [0.1, 0.15) is 6.61 Å². The fraction of sp³-hybridized carbons (Fsp3) is 0.600. The monoisotopic (exact) mass is 543 g/mol. The van der Waals surface area contributed by atoms with Crippen LogP contribution < -0.4 is 5.32 Å². The number of aliphatic imine (C=N–C) groups is 1. The van der Waals surface area contributed by atoms with Crippen molar-refractivity contribution >= 4 is 35.9 Å². The Bertz CT molecular complexity index is 701. The number of likely N-dealkylation sites (tertiary alicyclic amines) is 1. The Morgan fingerprint density at radius 3 is 2.73 bits per heavy atom. The second kappa shape index (κ2) is 13.0. The van der Waals surface area contributed by atoms with E-state index in [-0.39, 0.29) is 42.5 Å². The number of hydrogen-bond donors (Lipinski definition) is 1. The average molecular weight is 543 g/mol. The molecule has 2 rings (SSSR count). The lowest BCUT2D eigenvalue weighted by atomic mass is 9.98. The van der Waals surface area contributed by atoms with E-state index < -0.39 is 12.8 Å². The Balaban J connectivity index is 0.00000450. The van der Waals surface area contributed by atoms with Gasteiger partial charge in [0.15, 0.2) is 5.96 Å². The van der Waals surface area contributed by atoms with Gasteiger partial charge in [-0.3, -0.25) is 9.79 Å². The molecule has 1 aromatic rings. The first-order valence-electron chi connectivity index (χ1n) is 9.67. The van der Waals surface area contributed by atoms with Crippen molar-refractivity contribution in [3.05, 3.63) is 35.4 Å². The highest BCUT2D eigenvalue weighted by Crippen LogP contribution is 2.19. The number of alkyl halides is 3. The van der Waals surface area contributed by atoms with Crippen molar-refractivity contribution in [1.29, 1.82) is 0 Å². The number of halogens is 4. The molecule has 170 valence electrons. The molecule has 1 unspecified atom stereocenters. The first-order valence-corrected chi connectivity index (χ1v) is 9.67. The van der Waals surface area contributed by atoms with Gasteiger partial charge >= 0.3 is 12.1 Å². The molecule has 6 nitrogen and oxygen atoms in total. The summed E-state index contributed by atoms with van der Waals surface area (Å²) in [4.78, 5) is 18.4. The fourth-order valence-corrected chi connectivity index (χ4v) is 3.25. The topological polar surface area (TPSA) is 63.2 Å². The van der Waals surface area contributed by atoms with Crippen LogP contribution in [0.15, 0.2) is 29.3 Å². The molecule has 0 spiro atoms. The van der Waals surface area contributed by atoms with Crippen LogP contribution in [0, 0.1) is 5.92 Å². The predicted molar refractivity (Wildman–Crippen MR) is 119 cm³/mol. The molecular formula is C20H29F3IN3O3. The molecule has 10 heteroatoms. The second-order valence-electron chi connectivity index (χ2n) is 6.87. The molecule has 30 heavy (non-hydrogen) atoms. The molecule has 1 fully saturated rings. The highest BCUT2D eigenvalue weighted by atomic mass is 127. The molecule has 1 aliphatic rings. The molecule has 1 N–H and O–H groups in total. The molecule has 1 aliphatic heterocycles. The summed E-state index contributed by atoms with van der Waals surface area (Å²) in [7, 11) is 1.68. The summed E-state index contributed by atoms with van der Waals surface area (Å²) in [6.07, 6.45) is -2.66. The average Bonchev–Trinajstić information content (AvgIpc) is 2.68. The maximum atomic E-state index is 12.2. The zero-order valence-corrected chi connectivity index (χ0v) is 19.5. The Kier molecular flexibility index (Phi) is 11.5. The molecule has 0 amide bonds. The zero-order chi connectivity index (χ0) is 21.3. The van der Waals surface area contributed by atoms with E-state index in [0.29, 0.717) is 31.2 Å². The summed E-state index contributed by atoms with van der Waals surface area (Å²) in [6, 6.07) is 7.19. The summed E-state index contributed by atoms with van der Waals surface area (Å²) < 4.78 is 46.4. The molecule has 1 heterocycles. The Labute approximate surface area is 192 Å². The lowest BCUT2D eigenvalue weighted by Crippen LogP contribution is -2.48. The third kappa shape index (κ3) is 9.07. The van der Waals surface area contributed by atoms with Gasteiger partial charge in [0, 0.05) is 26.7 Å². The van der Waals surface area contributed by atoms with E-state index in [1.807, 2.05) is 11.0 Å². The number of piperidine rings is 1. The largest absolute Gasteiger partial charge is 0.466 e. The first kappa shape index (κ1) is 26.5. The number of nitrogens with zero attached hydrogens (tertiary/aromatic N) is 2. The van der Waals surface area contributed by atoms with E-state index in [1.165, 1.54) is 0 Å². The van der Waals surface area contributed by atoms with Crippen LogP contribution in [0.1, 0.15) is 30.9 Å². The third-order valence-electron chi connectivity index (χ3n) is 4.53. The number of carbonyl (C=O) groups excluding carboxylic acids is 1. The third-order valence-corrected chi connectivity index (χ3v) is 4.53. The van der Waals surface area contributed by atoms with Crippen LogP contribution in [0.5, 0.6) is 0 Å². The van der Waals surface area contributed by atoms with E-state index >= 15 is 0 Å². The van der Waals surface area contributed by atoms with Gasteiger partial charge in [-0.2, -0.15) is 13.2 Å². The maximum Gasteiger partial charge on any atom is 0.411 e. The molecule has 1 atom stereocenters. The standard InChI is InChI=1S/C20H28F3N3O3.HI/c1-3-29-18(27)17-8-5-9-26(12-17)19(24-2)25-11-15-6-4-7-16(10-15)13-28-14-20(21,22)23;/h4,6-7,10,17H,3,5,8-9,11-14H2,1-2H3,(H,24,25);1H. The van der Waals surface area contributed by atoms with Crippen molar-refractivity contribution in [2.24, 2.45) is 10.9 Å². The summed E-state index contributed by atoms with van der Waals surface area (Å²) in [5.74, 6) is 0.327. The minimum atomic E-state index is -4.33. The number of nitrogens with one attached hydrogen (secondary N) is 1. The van der Waals surface area contributed by atoms with E-state index in [1.54, 1.807) is 32.2 Å². The fourth-order valence-electron chi connectivity index (χ4n) is 3.25. The van der Waals surface area contributed by atoms with Crippen molar-refractivity contribution < 1.29 is 27.4 Å². The van der Waals surface area contributed by atoms with Crippen LogP contribution in [-0.4, -0.2) is 56.4 Å². The maximum absolute atomic E-state index is 12.2. The number of esters is 1. The number of guanidine groups is 1. The van der Waals surface area contributed by atoms with Crippen molar-refractivity contribution in [3.63, 3.8) is 0 Å². The Morgan fingerprint density at radius 1 is 1.33 bits per heavy atom. The van der Waals surface area contributed by atoms with Crippen molar-refractivity contribution in [3.8, 4) is 0 Å². The molecule has 1 aromatic carbocycles. The van der Waals surface area contributed by atoms with Gasteiger partial charge in [0.2, 0.25) is 0 Å². The predicted octanol–water partition coefficient (Wildman–Crippen LogP) is 3.73. The second-order valence-corrected chi connectivity index (χ2v) is 6.87. The van der Waals surface area contributed by atoms with Crippen LogP contribution in [0.2, 0.25) is 0 Å². The lowest BCUT2D eigenvalue weighted by molar-refractivity contribution is -0.176. The first-order chi connectivity index (χ1) is 13.8. The summed E-state index contributed by atoms with van der Waals surface area (Å²) in [5.41, 5.74) is 1.57. The van der Waals surface area contributed by atoms with Crippen molar-refractivity contribution in [2.75, 3.05) is 33.4 Å². The minimum absolute atomic E-state index is 0. The summed E-state index contributed by atoms with van der Waals surface area (Å²) in [6.45, 7) is 2.59. The van der Waals surface area contributed by atoms with Crippen LogP contribution in [-0.2, 0) is 27.4 Å². The number of hydrogen-bond acceptors (Lipinski definition) is 4. The zero-order valence-electron chi connectivity index (χ0n) is 17.2. The molecule has 0 aromatic heterocycles. The van der Waals surface area contributed by atoms with Crippen LogP contribution >= 0.6 is 24.0 Å². The Hall–Kier alpha value is -1.56. The number of ether oxygens (including phenoxy) is 2. The smallest absolute Gasteiger partial charge is 0.411 e. The van der Waals surface area contributed by atoms with Crippen LogP contribution in [0.4, 0.5) is 13.2 Å². The number of benzene rings is 1. The van der Waals surface area contributed by atoms with Crippen LogP contribution in [0.3, 0.4) is 0 Å². The van der Waals surface area contributed by atoms with E-state index in [0.717, 1.165) is 24.9 Å². The molecule has 0 aliphatic carbocycles. The van der Waals surface area contributed by atoms with Gasteiger partial charge in [0.25, 0.3) is 0 Å². The highest BCUT2D eigenvalue weighted by Gasteiger charge is 2.28. The minimum Gasteiger partial charge on any atom is -0.466 e. The van der Waals surface area contributed by atoms with Crippen LogP contribution in [0.25, 0.3) is 0 Å².